The van der Waals surface area contributed by atoms with Crippen LogP contribution in [0.4, 0.5) is 0 Å². The minimum Gasteiger partial charge on any atom is -0.336 e. The zero-order valence-corrected chi connectivity index (χ0v) is 6.84. The molecule has 0 aromatic heterocycles. The quantitative estimate of drug-likeness (QED) is 0.562. The van der Waals surface area contributed by atoms with Gasteiger partial charge in [-0.2, -0.15) is 0 Å². The van der Waals surface area contributed by atoms with E-state index in [1.807, 2.05) is 0 Å². The highest BCUT2D eigenvalue weighted by Gasteiger charge is 2.14. The van der Waals surface area contributed by atoms with Crippen LogP contribution in [0.5, 0.6) is 0 Å². The lowest BCUT2D eigenvalue weighted by Gasteiger charge is -2.20. The van der Waals surface area contributed by atoms with Gasteiger partial charge in [-0.1, -0.05) is 0 Å². The molecule has 10 heavy (non-hydrogen) atoms. The van der Waals surface area contributed by atoms with Crippen LogP contribution in [0.15, 0.2) is 0 Å². The minimum atomic E-state index is -0.294. The predicted molar refractivity (Wildman–Crippen MR) is 38.6 cm³/mol. The average molecular weight is 143 g/mol. The number of likely N-dealkylation sites (N-methyl/N-ethyl adjacent to an activating group) is 1. The van der Waals surface area contributed by atoms with E-state index in [2.05, 4.69) is 0 Å². The summed E-state index contributed by atoms with van der Waals surface area (Å²) in [7, 11) is 1.62. The van der Waals surface area contributed by atoms with Gasteiger partial charge in [-0.05, 0) is 13.8 Å². The Morgan fingerprint density at radius 2 is 1.70 bits per heavy atom. The van der Waals surface area contributed by atoms with Gasteiger partial charge in [-0.15, -0.1) is 0 Å². The summed E-state index contributed by atoms with van der Waals surface area (Å²) in [6.45, 7) is 4.63. The molecule has 0 heterocycles. The number of ketones is 1. The zero-order chi connectivity index (χ0) is 8.31. The van der Waals surface area contributed by atoms with Crippen molar-refractivity contribution in [2.24, 2.45) is 0 Å². The lowest BCUT2D eigenvalue weighted by atomic mass is 10.2. The zero-order valence-electron chi connectivity index (χ0n) is 6.84. The second kappa shape index (κ2) is 3.34. The molecule has 3 nitrogen and oxygen atoms in total. The summed E-state index contributed by atoms with van der Waals surface area (Å²) in [5.41, 5.74) is 0. The van der Waals surface area contributed by atoms with E-state index in [0.29, 0.717) is 0 Å². The highest BCUT2D eigenvalue weighted by Crippen LogP contribution is 1.95. The molecular weight excluding hydrogens is 130 g/mol. The molecule has 0 aromatic carbocycles. The molecular formula is C7H13NO2. The lowest BCUT2D eigenvalue weighted by molar-refractivity contribution is -0.135. The van der Waals surface area contributed by atoms with Crippen LogP contribution >= 0.6 is 0 Å². The monoisotopic (exact) mass is 143 g/mol. The number of Topliss-reactive ketones (excluding diaryl/α,β-unsaturated/α-hetero) is 1. The molecule has 0 aromatic rings. The number of hydrogen-bond donors (Lipinski definition) is 0. The van der Waals surface area contributed by atoms with Crippen LogP contribution in [0.25, 0.3) is 0 Å². The highest BCUT2D eigenvalue weighted by atomic mass is 16.2. The number of carbonyl (C=O) groups is 2. The van der Waals surface area contributed by atoms with Gasteiger partial charge in [0.15, 0.2) is 5.78 Å². The fourth-order valence-electron chi connectivity index (χ4n) is 0.545. The highest BCUT2D eigenvalue weighted by molar-refractivity contribution is 5.86. The Hall–Kier alpha value is -0.860. The first kappa shape index (κ1) is 9.14. The van der Waals surface area contributed by atoms with E-state index >= 15 is 0 Å². The van der Waals surface area contributed by atoms with Gasteiger partial charge in [0.05, 0.1) is 6.04 Å². The summed E-state index contributed by atoms with van der Waals surface area (Å²) in [6, 6.07) is -0.294. The summed E-state index contributed by atoms with van der Waals surface area (Å²) in [5.74, 6) is -0.0691. The number of nitrogens with zero attached hydrogens (tertiary/aromatic N) is 1. The summed E-state index contributed by atoms with van der Waals surface area (Å²) in [6.07, 6.45) is 0. The van der Waals surface area contributed by atoms with Crippen LogP contribution in [0.1, 0.15) is 20.8 Å². The fraction of sp³-hybridized carbons (Fsp3) is 0.714. The van der Waals surface area contributed by atoms with Crippen molar-refractivity contribution >= 4 is 11.7 Å². The first-order valence-corrected chi connectivity index (χ1v) is 3.20. The first-order valence-electron chi connectivity index (χ1n) is 3.20. The van der Waals surface area contributed by atoms with Crippen molar-refractivity contribution in [1.29, 1.82) is 0 Å². The van der Waals surface area contributed by atoms with Crippen molar-refractivity contribution in [3.8, 4) is 0 Å². The van der Waals surface area contributed by atoms with Crippen LogP contribution in [0.3, 0.4) is 0 Å². The normalized spacial score (nSPS) is 12.4. The molecule has 0 unspecified atom stereocenters. The Morgan fingerprint density at radius 1 is 1.30 bits per heavy atom. The van der Waals surface area contributed by atoms with Crippen molar-refractivity contribution in [3.05, 3.63) is 0 Å². The van der Waals surface area contributed by atoms with Gasteiger partial charge in [0, 0.05) is 14.0 Å². The largest absolute Gasteiger partial charge is 0.336 e. The average Bonchev–Trinajstić information content (AvgIpc) is 1.84. The minimum absolute atomic E-state index is 0.0118. The maximum Gasteiger partial charge on any atom is 0.219 e. The molecule has 1 atom stereocenters. The smallest absolute Gasteiger partial charge is 0.219 e. The van der Waals surface area contributed by atoms with E-state index in [1.54, 1.807) is 14.0 Å². The summed E-state index contributed by atoms with van der Waals surface area (Å²) in [5, 5.41) is 0. The Kier molecular flexibility index (Phi) is 3.06. The van der Waals surface area contributed by atoms with E-state index in [-0.39, 0.29) is 17.7 Å². The van der Waals surface area contributed by atoms with Crippen molar-refractivity contribution in [2.45, 2.75) is 26.8 Å². The fourth-order valence-corrected chi connectivity index (χ4v) is 0.545. The lowest BCUT2D eigenvalue weighted by Crippen LogP contribution is -2.37. The van der Waals surface area contributed by atoms with Crippen LogP contribution in [0, 0.1) is 0 Å². The Balaban J connectivity index is 4.07. The Bertz CT molecular complexity index is 136. The second-order valence-corrected chi connectivity index (χ2v) is 2.42. The van der Waals surface area contributed by atoms with Gasteiger partial charge in [0.25, 0.3) is 0 Å². The molecule has 58 valence electrons. The van der Waals surface area contributed by atoms with Crippen LogP contribution in [-0.2, 0) is 9.59 Å². The van der Waals surface area contributed by atoms with Crippen molar-refractivity contribution in [3.63, 3.8) is 0 Å². The molecule has 0 radical (unpaired) electrons. The number of hydrogen-bond acceptors (Lipinski definition) is 2. The topological polar surface area (TPSA) is 37.4 Å². The molecule has 0 aliphatic rings. The number of carbonyl (C=O) groups excluding carboxylic acids is 2. The summed E-state index contributed by atoms with van der Waals surface area (Å²) >= 11 is 0. The molecule has 0 aliphatic heterocycles. The first-order chi connectivity index (χ1) is 4.46. The molecule has 0 bridgehead atoms. The second-order valence-electron chi connectivity index (χ2n) is 2.42. The van der Waals surface area contributed by atoms with Crippen LogP contribution in [-0.4, -0.2) is 29.7 Å². The van der Waals surface area contributed by atoms with Crippen molar-refractivity contribution in [1.82, 2.24) is 4.90 Å². The van der Waals surface area contributed by atoms with Crippen molar-refractivity contribution < 1.29 is 9.59 Å². The summed E-state index contributed by atoms with van der Waals surface area (Å²) in [4.78, 5) is 22.8. The molecule has 0 saturated heterocycles. The van der Waals surface area contributed by atoms with Crippen molar-refractivity contribution in [2.75, 3.05) is 7.05 Å². The van der Waals surface area contributed by atoms with Gasteiger partial charge in [0.1, 0.15) is 0 Å². The molecule has 0 N–H and O–H groups in total. The van der Waals surface area contributed by atoms with Crippen LogP contribution < -0.4 is 0 Å². The number of rotatable bonds is 2. The maximum atomic E-state index is 10.7. The van der Waals surface area contributed by atoms with E-state index in [0.717, 1.165) is 0 Å². The van der Waals surface area contributed by atoms with Gasteiger partial charge in [-0.3, -0.25) is 9.59 Å². The van der Waals surface area contributed by atoms with Crippen LogP contribution in [0.2, 0.25) is 0 Å². The SMILES string of the molecule is CC(=O)[C@H](C)N(C)C(C)=O. The Labute approximate surface area is 61.0 Å². The molecule has 0 fully saturated rings. The van der Waals surface area contributed by atoms with E-state index in [1.165, 1.54) is 18.7 Å². The van der Waals surface area contributed by atoms with Gasteiger partial charge >= 0.3 is 0 Å². The standard InChI is InChI=1S/C7H13NO2/c1-5(6(2)9)8(4)7(3)10/h5H,1-4H3/t5-/m0/s1. The third kappa shape index (κ3) is 2.17. The Morgan fingerprint density at radius 3 is 1.80 bits per heavy atom. The molecule has 0 rings (SSSR count). The predicted octanol–water partition coefficient (Wildman–Crippen LogP) is 0.442. The molecule has 0 aliphatic carbocycles. The van der Waals surface area contributed by atoms with E-state index in [9.17, 15) is 9.59 Å². The van der Waals surface area contributed by atoms with E-state index < -0.39 is 0 Å². The molecule has 0 saturated carbocycles. The van der Waals surface area contributed by atoms with E-state index in [4.69, 9.17) is 0 Å². The van der Waals surface area contributed by atoms with Gasteiger partial charge < -0.3 is 4.90 Å². The molecule has 0 spiro atoms. The third-order valence-corrected chi connectivity index (χ3v) is 1.67. The molecule has 1 amide bonds. The van der Waals surface area contributed by atoms with Gasteiger partial charge in [-0.25, -0.2) is 0 Å². The third-order valence-electron chi connectivity index (χ3n) is 1.67. The van der Waals surface area contributed by atoms with Gasteiger partial charge in [0.2, 0.25) is 5.91 Å². The summed E-state index contributed by atoms with van der Waals surface area (Å²) < 4.78 is 0. The molecule has 3 heteroatoms. The maximum absolute atomic E-state index is 10.7. The number of amides is 1.